The van der Waals surface area contributed by atoms with E-state index in [1.165, 1.54) is 14.2 Å². The van der Waals surface area contributed by atoms with Gasteiger partial charge in [0, 0.05) is 19.0 Å². The molecule has 1 aromatic rings. The van der Waals surface area contributed by atoms with E-state index in [-0.39, 0.29) is 13.0 Å². The Morgan fingerprint density at radius 1 is 1.25 bits per heavy atom. The number of carboxylic acids is 1. The molecular weight excluding hydrogens is 264 g/mol. The molecule has 0 unspecified atom stereocenters. The SMILES string of the molecule is COc1ccc(OC)c(NC(=O)NCCCC(=O)O)c1. The summed E-state index contributed by atoms with van der Waals surface area (Å²) in [4.78, 5) is 22.0. The Balaban J connectivity index is 2.54. The van der Waals surface area contributed by atoms with E-state index in [1.807, 2.05) is 0 Å². The van der Waals surface area contributed by atoms with Gasteiger partial charge in [0.05, 0.1) is 19.9 Å². The van der Waals surface area contributed by atoms with Crippen molar-refractivity contribution in [1.82, 2.24) is 5.32 Å². The Bertz CT molecular complexity index is 476. The van der Waals surface area contributed by atoms with Gasteiger partial charge >= 0.3 is 12.0 Å². The van der Waals surface area contributed by atoms with E-state index in [9.17, 15) is 9.59 Å². The molecule has 0 radical (unpaired) electrons. The van der Waals surface area contributed by atoms with Crippen LogP contribution >= 0.6 is 0 Å². The van der Waals surface area contributed by atoms with Crippen LogP contribution in [0.3, 0.4) is 0 Å². The van der Waals surface area contributed by atoms with Gasteiger partial charge in [-0.3, -0.25) is 4.79 Å². The first-order chi connectivity index (χ1) is 9.56. The maximum absolute atomic E-state index is 11.7. The Kier molecular flexibility index (Phi) is 6.15. The van der Waals surface area contributed by atoms with Crippen molar-refractivity contribution in [2.24, 2.45) is 0 Å². The molecule has 20 heavy (non-hydrogen) atoms. The van der Waals surface area contributed by atoms with Crippen molar-refractivity contribution in [3.8, 4) is 11.5 Å². The summed E-state index contributed by atoms with van der Waals surface area (Å²) < 4.78 is 10.2. The summed E-state index contributed by atoms with van der Waals surface area (Å²) in [5, 5.41) is 13.7. The molecule has 2 amide bonds. The predicted molar refractivity (Wildman–Crippen MR) is 73.4 cm³/mol. The molecule has 0 saturated carbocycles. The third-order valence-electron chi connectivity index (χ3n) is 2.51. The van der Waals surface area contributed by atoms with E-state index in [4.69, 9.17) is 14.6 Å². The summed E-state index contributed by atoms with van der Waals surface area (Å²) in [5.74, 6) is 0.208. The molecule has 110 valence electrons. The largest absolute Gasteiger partial charge is 0.497 e. The van der Waals surface area contributed by atoms with Crippen LogP contribution in [-0.4, -0.2) is 37.9 Å². The lowest BCUT2D eigenvalue weighted by molar-refractivity contribution is -0.137. The van der Waals surface area contributed by atoms with Gasteiger partial charge in [0.25, 0.3) is 0 Å². The van der Waals surface area contributed by atoms with Crippen molar-refractivity contribution >= 4 is 17.7 Å². The molecule has 0 aliphatic carbocycles. The van der Waals surface area contributed by atoms with Crippen LogP contribution in [-0.2, 0) is 4.79 Å². The van der Waals surface area contributed by atoms with E-state index in [0.29, 0.717) is 23.6 Å². The monoisotopic (exact) mass is 282 g/mol. The molecule has 3 N–H and O–H groups in total. The van der Waals surface area contributed by atoms with Crippen LogP contribution in [0.5, 0.6) is 11.5 Å². The van der Waals surface area contributed by atoms with Gasteiger partial charge in [-0.05, 0) is 18.6 Å². The van der Waals surface area contributed by atoms with Crippen LogP contribution in [0.1, 0.15) is 12.8 Å². The number of carbonyl (C=O) groups excluding carboxylic acids is 1. The second-order valence-electron chi connectivity index (χ2n) is 3.94. The Morgan fingerprint density at radius 2 is 2.00 bits per heavy atom. The van der Waals surface area contributed by atoms with Crippen LogP contribution in [0.4, 0.5) is 10.5 Å². The van der Waals surface area contributed by atoms with Gasteiger partial charge in [0.15, 0.2) is 0 Å². The first-order valence-corrected chi connectivity index (χ1v) is 6.05. The molecular formula is C13H18N2O5. The van der Waals surface area contributed by atoms with Crippen LogP contribution in [0.15, 0.2) is 18.2 Å². The van der Waals surface area contributed by atoms with Gasteiger partial charge in [-0.1, -0.05) is 0 Å². The van der Waals surface area contributed by atoms with Gasteiger partial charge in [-0.25, -0.2) is 4.79 Å². The molecule has 1 rings (SSSR count). The maximum Gasteiger partial charge on any atom is 0.319 e. The molecule has 7 heteroatoms. The van der Waals surface area contributed by atoms with Gasteiger partial charge in [-0.2, -0.15) is 0 Å². The lowest BCUT2D eigenvalue weighted by Gasteiger charge is -2.12. The zero-order chi connectivity index (χ0) is 15.0. The van der Waals surface area contributed by atoms with Crippen LogP contribution in [0.2, 0.25) is 0 Å². The van der Waals surface area contributed by atoms with Crippen LogP contribution < -0.4 is 20.1 Å². The van der Waals surface area contributed by atoms with Crippen molar-refractivity contribution in [3.63, 3.8) is 0 Å². The fraction of sp³-hybridized carbons (Fsp3) is 0.385. The third-order valence-corrected chi connectivity index (χ3v) is 2.51. The first-order valence-electron chi connectivity index (χ1n) is 6.05. The van der Waals surface area contributed by atoms with E-state index in [0.717, 1.165) is 0 Å². The maximum atomic E-state index is 11.7. The minimum absolute atomic E-state index is 0.0166. The van der Waals surface area contributed by atoms with Crippen molar-refractivity contribution in [2.45, 2.75) is 12.8 Å². The van der Waals surface area contributed by atoms with Crippen molar-refractivity contribution in [3.05, 3.63) is 18.2 Å². The van der Waals surface area contributed by atoms with Crippen LogP contribution in [0.25, 0.3) is 0 Å². The molecule has 0 aliphatic rings. The molecule has 0 saturated heterocycles. The summed E-state index contributed by atoms with van der Waals surface area (Å²) in [5.41, 5.74) is 0.475. The van der Waals surface area contributed by atoms with Crippen molar-refractivity contribution < 1.29 is 24.2 Å². The predicted octanol–water partition coefficient (Wildman–Crippen LogP) is 1.69. The smallest absolute Gasteiger partial charge is 0.319 e. The highest BCUT2D eigenvalue weighted by atomic mass is 16.5. The van der Waals surface area contributed by atoms with E-state index in [1.54, 1.807) is 18.2 Å². The molecule has 1 aromatic carbocycles. The molecule has 0 aliphatic heterocycles. The molecule has 0 aromatic heterocycles. The number of rotatable bonds is 7. The standard InChI is InChI=1S/C13H18N2O5/c1-19-9-5-6-11(20-2)10(8-9)15-13(18)14-7-3-4-12(16)17/h5-6,8H,3-4,7H2,1-2H3,(H,16,17)(H2,14,15,18). The summed E-state index contributed by atoms with van der Waals surface area (Å²) >= 11 is 0. The lowest BCUT2D eigenvalue weighted by atomic mass is 10.2. The molecule has 0 bridgehead atoms. The molecule has 0 heterocycles. The number of hydrogen-bond acceptors (Lipinski definition) is 4. The zero-order valence-electron chi connectivity index (χ0n) is 11.4. The first kappa shape index (κ1) is 15.6. The average molecular weight is 282 g/mol. The Labute approximate surface area is 116 Å². The highest BCUT2D eigenvalue weighted by Gasteiger charge is 2.08. The number of anilines is 1. The number of carbonyl (C=O) groups is 2. The summed E-state index contributed by atoms with van der Waals surface area (Å²) in [6.07, 6.45) is 0.390. The number of amides is 2. The number of benzene rings is 1. The number of urea groups is 1. The van der Waals surface area contributed by atoms with Crippen molar-refractivity contribution in [1.29, 1.82) is 0 Å². The Morgan fingerprint density at radius 3 is 2.60 bits per heavy atom. The number of ether oxygens (including phenoxy) is 2. The van der Waals surface area contributed by atoms with Crippen LogP contribution in [0, 0.1) is 0 Å². The van der Waals surface area contributed by atoms with E-state index >= 15 is 0 Å². The normalized spacial score (nSPS) is 9.70. The van der Waals surface area contributed by atoms with E-state index < -0.39 is 12.0 Å². The molecule has 0 spiro atoms. The second kappa shape index (κ2) is 7.88. The van der Waals surface area contributed by atoms with Gasteiger partial charge in [-0.15, -0.1) is 0 Å². The minimum atomic E-state index is -0.887. The summed E-state index contributed by atoms with van der Waals surface area (Å²) in [6, 6.07) is 4.60. The lowest BCUT2D eigenvalue weighted by Crippen LogP contribution is -2.30. The van der Waals surface area contributed by atoms with E-state index in [2.05, 4.69) is 10.6 Å². The quantitative estimate of drug-likeness (QED) is 0.661. The van der Waals surface area contributed by atoms with Crippen molar-refractivity contribution in [2.75, 3.05) is 26.1 Å². The Hall–Kier alpha value is -2.44. The average Bonchev–Trinajstić information content (AvgIpc) is 2.43. The number of methoxy groups -OCH3 is 2. The topological polar surface area (TPSA) is 96.9 Å². The zero-order valence-corrected chi connectivity index (χ0v) is 11.4. The third kappa shape index (κ3) is 5.05. The molecule has 0 fully saturated rings. The number of carboxylic acid groups (broad SMARTS) is 1. The fourth-order valence-electron chi connectivity index (χ4n) is 1.52. The summed E-state index contributed by atoms with van der Waals surface area (Å²) in [6.45, 7) is 0.282. The van der Waals surface area contributed by atoms with Gasteiger partial charge in [0.2, 0.25) is 0 Å². The highest BCUT2D eigenvalue weighted by Crippen LogP contribution is 2.28. The van der Waals surface area contributed by atoms with Gasteiger partial charge < -0.3 is 25.2 Å². The second-order valence-corrected chi connectivity index (χ2v) is 3.94. The van der Waals surface area contributed by atoms with Gasteiger partial charge in [0.1, 0.15) is 11.5 Å². The molecule has 0 atom stereocenters. The minimum Gasteiger partial charge on any atom is -0.497 e. The number of aliphatic carboxylic acids is 1. The fourth-order valence-corrected chi connectivity index (χ4v) is 1.52. The summed E-state index contributed by atoms with van der Waals surface area (Å²) in [7, 11) is 3.02. The number of hydrogen-bond donors (Lipinski definition) is 3. The number of nitrogens with one attached hydrogen (secondary N) is 2. The molecule has 7 nitrogen and oxygen atoms in total. The highest BCUT2D eigenvalue weighted by molar-refractivity contribution is 5.91.